The molecular formula is C19H26FN3O2. The molecule has 1 atom stereocenters. The average molecular weight is 347 g/mol. The van der Waals surface area contributed by atoms with Crippen LogP contribution in [0.3, 0.4) is 0 Å². The van der Waals surface area contributed by atoms with E-state index in [4.69, 9.17) is 0 Å². The van der Waals surface area contributed by atoms with Gasteiger partial charge in [-0.25, -0.2) is 9.18 Å². The molecule has 25 heavy (non-hydrogen) atoms. The van der Waals surface area contributed by atoms with Crippen LogP contribution < -0.4 is 10.6 Å². The number of alkyl halides is 1. The number of halogens is 1. The molecule has 2 heterocycles. The summed E-state index contributed by atoms with van der Waals surface area (Å²) in [4.78, 5) is 26.4. The van der Waals surface area contributed by atoms with E-state index in [2.05, 4.69) is 22.8 Å². The van der Waals surface area contributed by atoms with E-state index in [1.165, 1.54) is 5.56 Å². The van der Waals surface area contributed by atoms with Crippen LogP contribution in [0.15, 0.2) is 30.3 Å². The van der Waals surface area contributed by atoms with Gasteiger partial charge in [-0.2, -0.15) is 0 Å². The van der Waals surface area contributed by atoms with Crippen LogP contribution in [0.1, 0.15) is 31.2 Å². The highest BCUT2D eigenvalue weighted by Gasteiger charge is 2.54. The highest BCUT2D eigenvalue weighted by atomic mass is 19.1. The molecule has 6 heteroatoms. The fourth-order valence-electron chi connectivity index (χ4n) is 4.11. The fraction of sp³-hybridized carbons (Fsp3) is 0.579. The predicted molar refractivity (Wildman–Crippen MR) is 93.9 cm³/mol. The summed E-state index contributed by atoms with van der Waals surface area (Å²) in [7, 11) is 0. The first-order valence-electron chi connectivity index (χ1n) is 9.12. The number of aryl methyl sites for hydroxylation is 1. The van der Waals surface area contributed by atoms with Gasteiger partial charge < -0.3 is 10.6 Å². The van der Waals surface area contributed by atoms with Gasteiger partial charge in [0.2, 0.25) is 0 Å². The molecule has 0 bridgehead atoms. The van der Waals surface area contributed by atoms with Crippen molar-refractivity contribution < 1.29 is 14.0 Å². The van der Waals surface area contributed by atoms with Crippen molar-refractivity contribution in [1.29, 1.82) is 0 Å². The summed E-state index contributed by atoms with van der Waals surface area (Å²) < 4.78 is 12.8. The third kappa shape index (κ3) is 3.68. The standard InChI is InChI=1S/C19H26FN3O2/c20-11-14-23-17(24)19(22-18(23)25,16-8-12-21-13-9-16)10-4-7-15-5-2-1-3-6-15/h1-3,5-6,16,21H,4,7-14H2,(H,22,25)/t19-/m1/s1. The SMILES string of the molecule is O=C1N[C@](CCCc2ccccc2)(C2CCNCC2)C(=O)N1CCF. The number of benzene rings is 1. The maximum absolute atomic E-state index is 13.0. The molecule has 3 amide bonds. The van der Waals surface area contributed by atoms with Crippen molar-refractivity contribution in [3.8, 4) is 0 Å². The summed E-state index contributed by atoms with van der Waals surface area (Å²) in [6, 6.07) is 9.69. The smallest absolute Gasteiger partial charge is 0.323 e. The normalized spacial score (nSPS) is 24.6. The first-order chi connectivity index (χ1) is 12.2. The Hall–Kier alpha value is -1.95. The van der Waals surface area contributed by atoms with Gasteiger partial charge in [-0.05, 0) is 56.7 Å². The largest absolute Gasteiger partial charge is 0.325 e. The van der Waals surface area contributed by atoms with Gasteiger partial charge in [0.15, 0.2) is 0 Å². The van der Waals surface area contributed by atoms with Gasteiger partial charge in [0.25, 0.3) is 5.91 Å². The second kappa shape index (κ2) is 7.95. The number of nitrogens with one attached hydrogen (secondary N) is 2. The topological polar surface area (TPSA) is 61.4 Å². The minimum Gasteiger partial charge on any atom is -0.323 e. The number of imide groups is 1. The van der Waals surface area contributed by atoms with E-state index in [1.54, 1.807) is 0 Å². The monoisotopic (exact) mass is 347 g/mol. The Kier molecular flexibility index (Phi) is 5.68. The maximum Gasteiger partial charge on any atom is 0.325 e. The molecule has 1 aromatic carbocycles. The zero-order valence-electron chi connectivity index (χ0n) is 14.5. The van der Waals surface area contributed by atoms with Crippen molar-refractivity contribution in [3.63, 3.8) is 0 Å². The third-order valence-electron chi connectivity index (χ3n) is 5.43. The molecule has 1 aromatic rings. The molecule has 2 saturated heterocycles. The summed E-state index contributed by atoms with van der Waals surface area (Å²) in [5.74, 6) is -0.138. The van der Waals surface area contributed by atoms with Gasteiger partial charge in [-0.3, -0.25) is 9.69 Å². The van der Waals surface area contributed by atoms with Crippen molar-refractivity contribution in [2.24, 2.45) is 5.92 Å². The minimum atomic E-state index is -0.872. The van der Waals surface area contributed by atoms with Crippen LogP contribution in [0.4, 0.5) is 9.18 Å². The van der Waals surface area contributed by atoms with Gasteiger partial charge in [-0.15, -0.1) is 0 Å². The quantitative estimate of drug-likeness (QED) is 0.744. The molecular weight excluding hydrogens is 321 g/mol. The van der Waals surface area contributed by atoms with Gasteiger partial charge in [0.1, 0.15) is 12.2 Å². The molecule has 2 aliphatic rings. The van der Waals surface area contributed by atoms with Gasteiger partial charge in [-0.1, -0.05) is 30.3 Å². The molecule has 0 saturated carbocycles. The minimum absolute atomic E-state index is 0.102. The number of hydrogen-bond donors (Lipinski definition) is 2. The molecule has 0 spiro atoms. The molecule has 2 fully saturated rings. The predicted octanol–water partition coefficient (Wildman–Crippen LogP) is 2.27. The lowest BCUT2D eigenvalue weighted by molar-refractivity contribution is -0.134. The lowest BCUT2D eigenvalue weighted by atomic mass is 9.74. The van der Waals surface area contributed by atoms with E-state index < -0.39 is 18.2 Å². The highest BCUT2D eigenvalue weighted by molar-refractivity contribution is 6.07. The zero-order chi connectivity index (χ0) is 17.7. The van der Waals surface area contributed by atoms with Gasteiger partial charge in [0, 0.05) is 0 Å². The summed E-state index contributed by atoms with van der Waals surface area (Å²) in [5, 5.41) is 6.25. The molecule has 3 rings (SSSR count). The Morgan fingerprint density at radius 1 is 1.16 bits per heavy atom. The van der Waals surface area contributed by atoms with Crippen LogP contribution in [0.25, 0.3) is 0 Å². The van der Waals surface area contributed by atoms with Gasteiger partial charge >= 0.3 is 6.03 Å². The number of amides is 3. The molecule has 0 aliphatic carbocycles. The second-order valence-electron chi connectivity index (χ2n) is 6.91. The maximum atomic E-state index is 13.0. The number of nitrogens with zero attached hydrogens (tertiary/aromatic N) is 1. The number of carbonyl (C=O) groups is 2. The Balaban J connectivity index is 1.75. The van der Waals surface area contributed by atoms with E-state index in [0.29, 0.717) is 6.42 Å². The Morgan fingerprint density at radius 3 is 2.56 bits per heavy atom. The van der Waals surface area contributed by atoms with E-state index in [-0.39, 0.29) is 18.4 Å². The van der Waals surface area contributed by atoms with Crippen LogP contribution >= 0.6 is 0 Å². The summed E-state index contributed by atoms with van der Waals surface area (Å²) in [6.07, 6.45) is 3.96. The van der Waals surface area contributed by atoms with E-state index in [1.807, 2.05) is 18.2 Å². The highest BCUT2D eigenvalue weighted by Crippen LogP contribution is 2.36. The van der Waals surface area contributed by atoms with Crippen molar-refractivity contribution in [2.45, 2.75) is 37.6 Å². The molecule has 0 unspecified atom stereocenters. The number of carbonyl (C=O) groups excluding carboxylic acids is 2. The van der Waals surface area contributed by atoms with Crippen LogP contribution in [0.5, 0.6) is 0 Å². The molecule has 5 nitrogen and oxygen atoms in total. The lowest BCUT2D eigenvalue weighted by Gasteiger charge is -2.38. The zero-order valence-corrected chi connectivity index (χ0v) is 14.5. The van der Waals surface area contributed by atoms with Crippen molar-refractivity contribution >= 4 is 11.9 Å². The molecule has 0 radical (unpaired) electrons. The average Bonchev–Trinajstić information content (AvgIpc) is 2.89. The van der Waals surface area contributed by atoms with Crippen molar-refractivity contribution in [3.05, 3.63) is 35.9 Å². The number of rotatable bonds is 7. The number of piperidine rings is 1. The molecule has 2 aliphatic heterocycles. The van der Waals surface area contributed by atoms with Crippen molar-refractivity contribution in [2.75, 3.05) is 26.3 Å². The summed E-state index contributed by atoms with van der Waals surface area (Å²) >= 11 is 0. The van der Waals surface area contributed by atoms with E-state index in [9.17, 15) is 14.0 Å². The van der Waals surface area contributed by atoms with Crippen molar-refractivity contribution in [1.82, 2.24) is 15.5 Å². The van der Waals surface area contributed by atoms with Crippen LogP contribution in [-0.4, -0.2) is 48.7 Å². The second-order valence-corrected chi connectivity index (χ2v) is 6.91. The molecule has 136 valence electrons. The Labute approximate surface area is 148 Å². The number of urea groups is 1. The summed E-state index contributed by atoms with van der Waals surface area (Å²) in [6.45, 7) is 0.830. The van der Waals surface area contributed by atoms with Gasteiger partial charge in [0.05, 0.1) is 6.54 Å². The molecule has 0 aromatic heterocycles. The van der Waals surface area contributed by atoms with E-state index in [0.717, 1.165) is 43.7 Å². The lowest BCUT2D eigenvalue weighted by Crippen LogP contribution is -2.55. The molecule has 2 N–H and O–H groups in total. The first-order valence-corrected chi connectivity index (χ1v) is 9.12. The first kappa shape index (κ1) is 17.9. The van der Waals surface area contributed by atoms with Crippen LogP contribution in [0.2, 0.25) is 0 Å². The summed E-state index contributed by atoms with van der Waals surface area (Å²) in [5.41, 5.74) is 0.351. The van der Waals surface area contributed by atoms with E-state index >= 15 is 0 Å². The fourth-order valence-corrected chi connectivity index (χ4v) is 4.11. The Morgan fingerprint density at radius 2 is 1.88 bits per heavy atom. The number of hydrogen-bond acceptors (Lipinski definition) is 3. The third-order valence-corrected chi connectivity index (χ3v) is 5.43. The Bertz CT molecular complexity index is 604. The van der Waals surface area contributed by atoms with Crippen LogP contribution in [-0.2, 0) is 11.2 Å². The van der Waals surface area contributed by atoms with Crippen LogP contribution in [0, 0.1) is 5.92 Å².